The van der Waals surface area contributed by atoms with Crippen LogP contribution in [-0.2, 0) is 6.54 Å². The zero-order chi connectivity index (χ0) is 13.1. The van der Waals surface area contributed by atoms with E-state index in [1.54, 1.807) is 11.8 Å². The van der Waals surface area contributed by atoms with Gasteiger partial charge in [0.2, 0.25) is 0 Å². The van der Waals surface area contributed by atoms with Crippen molar-refractivity contribution in [2.45, 2.75) is 43.2 Å². The second kappa shape index (κ2) is 6.06. The number of ether oxygens (including phenoxy) is 2. The lowest BCUT2D eigenvalue weighted by Gasteiger charge is -2.21. The van der Waals surface area contributed by atoms with Crippen molar-refractivity contribution in [3.8, 4) is 11.5 Å². The molecule has 1 aromatic carbocycles. The third-order valence-corrected chi connectivity index (χ3v) is 4.70. The Kier molecular flexibility index (Phi) is 4.18. The second-order valence-corrected chi connectivity index (χ2v) is 6.02. The summed E-state index contributed by atoms with van der Waals surface area (Å²) in [4.78, 5) is 1.29. The molecule has 1 saturated carbocycles. The summed E-state index contributed by atoms with van der Waals surface area (Å²) >= 11 is 1.78. The molecule has 0 spiro atoms. The van der Waals surface area contributed by atoms with Crippen molar-refractivity contribution >= 4 is 11.8 Å². The molecule has 0 unspecified atom stereocenters. The average molecular weight is 279 g/mol. The van der Waals surface area contributed by atoms with Crippen molar-refractivity contribution in [1.82, 2.24) is 5.32 Å². The molecule has 2 aliphatic rings. The van der Waals surface area contributed by atoms with Gasteiger partial charge in [-0.25, -0.2) is 0 Å². The van der Waals surface area contributed by atoms with Gasteiger partial charge in [-0.3, -0.25) is 0 Å². The van der Waals surface area contributed by atoms with Gasteiger partial charge in [0.05, 0.1) is 0 Å². The normalized spacial score (nSPS) is 18.8. The Morgan fingerprint density at radius 2 is 1.84 bits per heavy atom. The quantitative estimate of drug-likeness (QED) is 0.857. The van der Waals surface area contributed by atoms with Gasteiger partial charge in [0, 0.05) is 17.5 Å². The first-order valence-electron chi connectivity index (χ1n) is 7.06. The number of hydrogen-bond acceptors (Lipinski definition) is 4. The van der Waals surface area contributed by atoms with Gasteiger partial charge in [-0.1, -0.05) is 12.8 Å². The maximum absolute atomic E-state index is 5.67. The van der Waals surface area contributed by atoms with Gasteiger partial charge in [0.15, 0.2) is 11.5 Å². The summed E-state index contributed by atoms with van der Waals surface area (Å²) in [6.45, 7) is 2.24. The average Bonchev–Trinajstić information content (AvgIpc) is 2.97. The lowest BCUT2D eigenvalue weighted by atomic mass is 10.1. The summed E-state index contributed by atoms with van der Waals surface area (Å²) in [6.07, 6.45) is 7.49. The van der Waals surface area contributed by atoms with Crippen LogP contribution in [0.4, 0.5) is 0 Å². The number of thioether (sulfide) groups is 1. The van der Waals surface area contributed by atoms with Crippen LogP contribution in [-0.4, -0.2) is 25.5 Å². The van der Waals surface area contributed by atoms with Crippen LogP contribution in [0.2, 0.25) is 0 Å². The van der Waals surface area contributed by atoms with Crippen molar-refractivity contribution in [3.05, 3.63) is 17.7 Å². The fourth-order valence-electron chi connectivity index (χ4n) is 2.82. The van der Waals surface area contributed by atoms with E-state index in [0.29, 0.717) is 19.3 Å². The van der Waals surface area contributed by atoms with Crippen LogP contribution in [0.5, 0.6) is 11.5 Å². The molecule has 1 fully saturated rings. The van der Waals surface area contributed by atoms with Crippen molar-refractivity contribution in [1.29, 1.82) is 0 Å². The summed E-state index contributed by atoms with van der Waals surface area (Å²) in [5.41, 5.74) is 1.32. The van der Waals surface area contributed by atoms with E-state index >= 15 is 0 Å². The highest BCUT2D eigenvalue weighted by Crippen LogP contribution is 2.36. The summed E-state index contributed by atoms with van der Waals surface area (Å²) in [5, 5.41) is 3.67. The highest BCUT2D eigenvalue weighted by molar-refractivity contribution is 7.98. The Hall–Kier alpha value is -0.870. The van der Waals surface area contributed by atoms with Gasteiger partial charge >= 0.3 is 0 Å². The first-order chi connectivity index (χ1) is 9.36. The van der Waals surface area contributed by atoms with E-state index < -0.39 is 0 Å². The van der Waals surface area contributed by atoms with Crippen LogP contribution < -0.4 is 14.8 Å². The molecule has 4 heteroatoms. The molecule has 0 atom stereocenters. The number of nitrogens with one attached hydrogen (secondary N) is 1. The van der Waals surface area contributed by atoms with Gasteiger partial charge in [0.1, 0.15) is 13.2 Å². The zero-order valence-electron chi connectivity index (χ0n) is 11.4. The SMILES string of the molecule is CSc1cc2c(cc1CNC1CCCC1)OCCO2. The molecule has 19 heavy (non-hydrogen) atoms. The van der Waals surface area contributed by atoms with E-state index in [-0.39, 0.29) is 0 Å². The van der Waals surface area contributed by atoms with Gasteiger partial charge in [-0.05, 0) is 36.8 Å². The van der Waals surface area contributed by atoms with Crippen molar-refractivity contribution in [3.63, 3.8) is 0 Å². The van der Waals surface area contributed by atoms with E-state index in [1.807, 2.05) is 0 Å². The molecule has 1 heterocycles. The molecule has 1 aliphatic carbocycles. The topological polar surface area (TPSA) is 30.5 Å². The Morgan fingerprint density at radius 1 is 1.16 bits per heavy atom. The fraction of sp³-hybridized carbons (Fsp3) is 0.600. The predicted molar refractivity (Wildman–Crippen MR) is 78.3 cm³/mol. The van der Waals surface area contributed by atoms with E-state index in [1.165, 1.54) is 36.1 Å². The number of rotatable bonds is 4. The van der Waals surface area contributed by atoms with Crippen LogP contribution in [0.1, 0.15) is 31.2 Å². The molecule has 0 aromatic heterocycles. The van der Waals surface area contributed by atoms with Gasteiger partial charge in [-0.15, -0.1) is 11.8 Å². The van der Waals surface area contributed by atoms with E-state index in [4.69, 9.17) is 9.47 Å². The zero-order valence-corrected chi connectivity index (χ0v) is 12.2. The van der Waals surface area contributed by atoms with E-state index in [9.17, 15) is 0 Å². The molecule has 3 rings (SSSR count). The minimum absolute atomic E-state index is 0.653. The van der Waals surface area contributed by atoms with Gasteiger partial charge in [0.25, 0.3) is 0 Å². The largest absolute Gasteiger partial charge is 0.486 e. The smallest absolute Gasteiger partial charge is 0.162 e. The minimum atomic E-state index is 0.653. The van der Waals surface area contributed by atoms with Gasteiger partial charge < -0.3 is 14.8 Å². The molecular weight excluding hydrogens is 258 g/mol. The molecule has 104 valence electrons. The van der Waals surface area contributed by atoms with Crippen molar-refractivity contribution < 1.29 is 9.47 Å². The van der Waals surface area contributed by atoms with Crippen LogP contribution in [0.25, 0.3) is 0 Å². The Morgan fingerprint density at radius 3 is 2.53 bits per heavy atom. The summed E-state index contributed by atoms with van der Waals surface area (Å²) in [6, 6.07) is 4.95. The number of hydrogen-bond donors (Lipinski definition) is 1. The molecule has 1 aromatic rings. The number of fused-ring (bicyclic) bond motifs is 1. The molecule has 0 radical (unpaired) electrons. The van der Waals surface area contributed by atoms with Crippen LogP contribution in [0.15, 0.2) is 17.0 Å². The first-order valence-corrected chi connectivity index (χ1v) is 8.29. The Labute approximate surface area is 119 Å². The molecule has 3 nitrogen and oxygen atoms in total. The third-order valence-electron chi connectivity index (χ3n) is 3.88. The van der Waals surface area contributed by atoms with Crippen LogP contribution in [0.3, 0.4) is 0 Å². The fourth-order valence-corrected chi connectivity index (χ4v) is 3.44. The molecular formula is C15H21NO2S. The highest BCUT2D eigenvalue weighted by atomic mass is 32.2. The lowest BCUT2D eigenvalue weighted by molar-refractivity contribution is 0.171. The van der Waals surface area contributed by atoms with E-state index in [2.05, 4.69) is 23.7 Å². The van der Waals surface area contributed by atoms with E-state index in [0.717, 1.165) is 18.0 Å². The molecule has 0 amide bonds. The number of benzene rings is 1. The van der Waals surface area contributed by atoms with Crippen molar-refractivity contribution in [2.75, 3.05) is 19.5 Å². The minimum Gasteiger partial charge on any atom is -0.486 e. The Balaban J connectivity index is 1.74. The molecule has 0 bridgehead atoms. The lowest BCUT2D eigenvalue weighted by Crippen LogP contribution is -2.25. The molecule has 1 N–H and O–H groups in total. The van der Waals surface area contributed by atoms with Gasteiger partial charge in [-0.2, -0.15) is 0 Å². The first kappa shape index (κ1) is 13.1. The predicted octanol–water partition coefficient (Wildman–Crippen LogP) is 3.21. The standard InChI is InChI=1S/C15H21NO2S/c1-19-15-9-14-13(17-6-7-18-14)8-11(15)10-16-12-4-2-3-5-12/h8-9,12,16H,2-7,10H2,1H3. The summed E-state index contributed by atoms with van der Waals surface area (Å²) in [7, 11) is 0. The monoisotopic (exact) mass is 279 g/mol. The summed E-state index contributed by atoms with van der Waals surface area (Å²) < 4.78 is 11.3. The van der Waals surface area contributed by atoms with Crippen molar-refractivity contribution in [2.24, 2.45) is 0 Å². The second-order valence-electron chi connectivity index (χ2n) is 5.17. The summed E-state index contributed by atoms with van der Waals surface area (Å²) in [5.74, 6) is 1.78. The maximum Gasteiger partial charge on any atom is 0.162 e. The molecule has 0 saturated heterocycles. The third kappa shape index (κ3) is 3.00. The Bertz CT molecular complexity index is 444. The van der Waals surface area contributed by atoms with Crippen LogP contribution in [0, 0.1) is 0 Å². The maximum atomic E-state index is 5.67. The highest BCUT2D eigenvalue weighted by Gasteiger charge is 2.18. The molecule has 1 aliphatic heterocycles. The van der Waals surface area contributed by atoms with Crippen LogP contribution >= 0.6 is 11.8 Å².